The summed E-state index contributed by atoms with van der Waals surface area (Å²) in [6.07, 6.45) is 6.32. The number of rotatable bonds is 5. The summed E-state index contributed by atoms with van der Waals surface area (Å²) in [5, 5.41) is 12.3. The first-order valence-corrected chi connectivity index (χ1v) is 5.58. The van der Waals surface area contributed by atoms with Crippen molar-refractivity contribution in [2.75, 3.05) is 0 Å². The molecule has 1 fully saturated rings. The van der Waals surface area contributed by atoms with Crippen molar-refractivity contribution in [3.05, 3.63) is 0 Å². The number of carbonyl (C=O) groups is 1. The van der Waals surface area contributed by atoms with E-state index in [2.05, 4.69) is 12.2 Å². The van der Waals surface area contributed by atoms with E-state index in [0.29, 0.717) is 0 Å². The molecule has 1 aliphatic carbocycles. The molecule has 1 atom stereocenters. The van der Waals surface area contributed by atoms with Crippen molar-refractivity contribution >= 4 is 5.97 Å². The molecule has 1 saturated carbocycles. The van der Waals surface area contributed by atoms with E-state index in [9.17, 15) is 4.79 Å². The highest BCUT2D eigenvalue weighted by Crippen LogP contribution is 2.29. The van der Waals surface area contributed by atoms with Crippen LogP contribution >= 0.6 is 0 Å². The minimum absolute atomic E-state index is 0.0677. The second kappa shape index (κ2) is 4.78. The Balaban J connectivity index is 2.49. The Labute approximate surface area is 85.9 Å². The molecule has 3 heteroatoms. The molecule has 0 aromatic rings. The van der Waals surface area contributed by atoms with Crippen LogP contribution in [0.3, 0.4) is 0 Å². The molecule has 2 N–H and O–H groups in total. The van der Waals surface area contributed by atoms with Crippen LogP contribution < -0.4 is 5.32 Å². The molecule has 1 aliphatic rings. The lowest BCUT2D eigenvalue weighted by Crippen LogP contribution is -2.49. The van der Waals surface area contributed by atoms with Crippen LogP contribution in [0.1, 0.15) is 52.4 Å². The van der Waals surface area contributed by atoms with Gasteiger partial charge in [-0.2, -0.15) is 0 Å². The summed E-state index contributed by atoms with van der Waals surface area (Å²) in [6, 6.07) is -0.358. The zero-order valence-corrected chi connectivity index (χ0v) is 9.18. The highest BCUT2D eigenvalue weighted by molar-refractivity contribution is 5.73. The van der Waals surface area contributed by atoms with Gasteiger partial charge in [-0.15, -0.1) is 0 Å². The number of hydrogen-bond donors (Lipinski definition) is 2. The van der Waals surface area contributed by atoms with Crippen molar-refractivity contribution in [1.82, 2.24) is 5.32 Å². The number of carboxylic acid groups (broad SMARTS) is 1. The molecule has 0 aromatic heterocycles. The van der Waals surface area contributed by atoms with Crippen LogP contribution in [0.25, 0.3) is 0 Å². The first kappa shape index (κ1) is 11.5. The summed E-state index contributed by atoms with van der Waals surface area (Å²) in [7, 11) is 0. The second-order valence-corrected chi connectivity index (χ2v) is 4.59. The highest BCUT2D eigenvalue weighted by atomic mass is 16.4. The van der Waals surface area contributed by atoms with Crippen molar-refractivity contribution < 1.29 is 9.90 Å². The van der Waals surface area contributed by atoms with E-state index in [-0.39, 0.29) is 11.6 Å². The van der Waals surface area contributed by atoms with Crippen LogP contribution in [0.2, 0.25) is 0 Å². The molecule has 0 spiro atoms. The molecule has 0 bridgehead atoms. The van der Waals surface area contributed by atoms with Gasteiger partial charge in [-0.05, 0) is 26.2 Å². The van der Waals surface area contributed by atoms with E-state index in [0.717, 1.165) is 25.7 Å². The van der Waals surface area contributed by atoms with Gasteiger partial charge in [0.2, 0.25) is 0 Å². The predicted molar refractivity (Wildman–Crippen MR) is 56.3 cm³/mol. The van der Waals surface area contributed by atoms with Gasteiger partial charge in [-0.25, -0.2) is 0 Å². The van der Waals surface area contributed by atoms with Crippen molar-refractivity contribution in [2.45, 2.75) is 64.0 Å². The molecule has 1 unspecified atom stereocenters. The molecular formula is C11H21NO2. The summed E-state index contributed by atoms with van der Waals surface area (Å²) < 4.78 is 0. The van der Waals surface area contributed by atoms with E-state index in [4.69, 9.17) is 5.11 Å². The Hall–Kier alpha value is -0.570. The maximum absolute atomic E-state index is 11.0. The van der Waals surface area contributed by atoms with Crippen molar-refractivity contribution in [3.63, 3.8) is 0 Å². The van der Waals surface area contributed by atoms with Gasteiger partial charge in [-0.3, -0.25) is 10.1 Å². The van der Waals surface area contributed by atoms with Crippen LogP contribution in [0.4, 0.5) is 0 Å². The maximum atomic E-state index is 11.0. The largest absolute Gasteiger partial charge is 0.480 e. The first-order chi connectivity index (χ1) is 6.57. The number of aliphatic carboxylic acids is 1. The SMILES string of the molecule is CCCC(NC1(C)CCCC1)C(=O)O. The zero-order valence-electron chi connectivity index (χ0n) is 9.18. The van der Waals surface area contributed by atoms with Gasteiger partial charge in [0, 0.05) is 5.54 Å². The molecule has 14 heavy (non-hydrogen) atoms. The summed E-state index contributed by atoms with van der Waals surface area (Å²) in [6.45, 7) is 4.17. The van der Waals surface area contributed by atoms with Crippen molar-refractivity contribution in [3.8, 4) is 0 Å². The first-order valence-electron chi connectivity index (χ1n) is 5.58. The minimum Gasteiger partial charge on any atom is -0.480 e. The van der Waals surface area contributed by atoms with Crippen LogP contribution in [0, 0.1) is 0 Å². The Kier molecular flexibility index (Phi) is 3.93. The third-order valence-electron chi connectivity index (χ3n) is 3.11. The lowest BCUT2D eigenvalue weighted by atomic mass is 9.98. The number of carboxylic acids is 1. The average molecular weight is 199 g/mol. The summed E-state index contributed by atoms with van der Waals surface area (Å²) in [5.41, 5.74) is 0.0677. The molecule has 0 amide bonds. The van der Waals surface area contributed by atoms with Gasteiger partial charge in [0.05, 0.1) is 0 Å². The lowest BCUT2D eigenvalue weighted by Gasteiger charge is -2.29. The van der Waals surface area contributed by atoms with E-state index >= 15 is 0 Å². The summed E-state index contributed by atoms with van der Waals surface area (Å²) in [5.74, 6) is -0.708. The monoisotopic (exact) mass is 199 g/mol. The van der Waals surface area contributed by atoms with Crippen LogP contribution in [-0.4, -0.2) is 22.7 Å². The van der Waals surface area contributed by atoms with E-state index < -0.39 is 5.97 Å². The minimum atomic E-state index is -0.708. The normalized spacial score (nSPS) is 22.1. The number of hydrogen-bond acceptors (Lipinski definition) is 2. The molecule has 0 heterocycles. The Morgan fingerprint density at radius 1 is 1.50 bits per heavy atom. The summed E-state index contributed by atoms with van der Waals surface area (Å²) >= 11 is 0. The predicted octanol–water partition coefficient (Wildman–Crippen LogP) is 2.16. The van der Waals surface area contributed by atoms with E-state index in [1.165, 1.54) is 12.8 Å². The van der Waals surface area contributed by atoms with Gasteiger partial charge >= 0.3 is 5.97 Å². The van der Waals surface area contributed by atoms with E-state index in [1.807, 2.05) is 6.92 Å². The zero-order chi connectivity index (χ0) is 10.6. The molecule has 3 nitrogen and oxygen atoms in total. The van der Waals surface area contributed by atoms with Gasteiger partial charge in [0.1, 0.15) is 6.04 Å². The molecule has 0 aromatic carbocycles. The molecule has 0 aliphatic heterocycles. The standard InChI is InChI=1S/C11H21NO2/c1-3-6-9(10(13)14)12-11(2)7-4-5-8-11/h9,12H,3-8H2,1-2H3,(H,13,14). The van der Waals surface area contributed by atoms with Gasteiger partial charge in [0.25, 0.3) is 0 Å². The second-order valence-electron chi connectivity index (χ2n) is 4.59. The fourth-order valence-corrected chi connectivity index (χ4v) is 2.27. The molecule has 0 saturated heterocycles. The fourth-order valence-electron chi connectivity index (χ4n) is 2.27. The fraction of sp³-hybridized carbons (Fsp3) is 0.909. The van der Waals surface area contributed by atoms with E-state index in [1.54, 1.807) is 0 Å². The smallest absolute Gasteiger partial charge is 0.320 e. The van der Waals surface area contributed by atoms with Gasteiger partial charge < -0.3 is 5.11 Å². The third-order valence-corrected chi connectivity index (χ3v) is 3.11. The van der Waals surface area contributed by atoms with Crippen molar-refractivity contribution in [2.24, 2.45) is 0 Å². The van der Waals surface area contributed by atoms with Gasteiger partial charge in [0.15, 0.2) is 0 Å². The Morgan fingerprint density at radius 2 is 2.07 bits per heavy atom. The Morgan fingerprint density at radius 3 is 2.50 bits per heavy atom. The quantitative estimate of drug-likeness (QED) is 0.713. The molecule has 82 valence electrons. The summed E-state index contributed by atoms with van der Waals surface area (Å²) in [4.78, 5) is 11.0. The Bertz CT molecular complexity index is 197. The molecule has 1 rings (SSSR count). The number of nitrogens with one attached hydrogen (secondary N) is 1. The van der Waals surface area contributed by atoms with Crippen molar-refractivity contribution in [1.29, 1.82) is 0 Å². The lowest BCUT2D eigenvalue weighted by molar-refractivity contribution is -0.140. The van der Waals surface area contributed by atoms with Crippen LogP contribution in [0.15, 0.2) is 0 Å². The van der Waals surface area contributed by atoms with Crippen LogP contribution in [-0.2, 0) is 4.79 Å². The topological polar surface area (TPSA) is 49.3 Å². The molecular weight excluding hydrogens is 178 g/mol. The van der Waals surface area contributed by atoms with Gasteiger partial charge in [-0.1, -0.05) is 26.2 Å². The maximum Gasteiger partial charge on any atom is 0.320 e. The average Bonchev–Trinajstić information content (AvgIpc) is 2.51. The highest BCUT2D eigenvalue weighted by Gasteiger charge is 2.32. The molecule has 0 radical (unpaired) electrons. The third kappa shape index (κ3) is 2.98. The van der Waals surface area contributed by atoms with Crippen LogP contribution in [0.5, 0.6) is 0 Å².